The topological polar surface area (TPSA) is 58.6 Å². The summed E-state index contributed by atoms with van der Waals surface area (Å²) in [5.41, 5.74) is 0.848. The fourth-order valence-electron chi connectivity index (χ4n) is 1.41. The van der Waals surface area contributed by atoms with Crippen LogP contribution in [0.3, 0.4) is 0 Å². The van der Waals surface area contributed by atoms with Gasteiger partial charge in [-0.15, -0.1) is 6.58 Å². The van der Waals surface area contributed by atoms with Gasteiger partial charge in [0, 0.05) is 6.54 Å². The predicted octanol–water partition coefficient (Wildman–Crippen LogP) is 1.81. The van der Waals surface area contributed by atoms with Gasteiger partial charge in [0.2, 0.25) is 0 Å². The fourth-order valence-corrected chi connectivity index (χ4v) is 1.41. The van der Waals surface area contributed by atoms with Crippen LogP contribution in [0.4, 0.5) is 0 Å². The van der Waals surface area contributed by atoms with Gasteiger partial charge in [0.15, 0.2) is 6.61 Å². The van der Waals surface area contributed by atoms with E-state index in [1.54, 1.807) is 30.3 Å². The van der Waals surface area contributed by atoms with Gasteiger partial charge in [-0.1, -0.05) is 25.1 Å². The van der Waals surface area contributed by atoms with Gasteiger partial charge < -0.3 is 15.2 Å². The lowest BCUT2D eigenvalue weighted by molar-refractivity contribution is -0.122. The number of aliphatic hydroxyl groups excluding tert-OH is 1. The van der Waals surface area contributed by atoms with Gasteiger partial charge in [-0.05, 0) is 24.1 Å². The Morgan fingerprint density at radius 3 is 2.72 bits per heavy atom. The van der Waals surface area contributed by atoms with E-state index in [0.717, 1.165) is 5.56 Å². The summed E-state index contributed by atoms with van der Waals surface area (Å²) in [6, 6.07) is 7.08. The third-order valence-corrected chi connectivity index (χ3v) is 2.47. The Morgan fingerprint density at radius 2 is 2.17 bits per heavy atom. The zero-order valence-electron chi connectivity index (χ0n) is 10.6. The average molecular weight is 249 g/mol. The second-order valence-electron chi connectivity index (χ2n) is 3.87. The lowest BCUT2D eigenvalue weighted by Gasteiger charge is -2.10. The molecule has 1 atom stereocenters. The molecule has 98 valence electrons. The van der Waals surface area contributed by atoms with Crippen molar-refractivity contribution in [1.82, 2.24) is 5.32 Å². The Labute approximate surface area is 107 Å². The number of carbonyl (C=O) groups excluding carboxylic acids is 1. The first kappa shape index (κ1) is 14.3. The molecule has 1 amide bonds. The number of benzene rings is 1. The second kappa shape index (κ2) is 7.50. The Kier molecular flexibility index (Phi) is 5.94. The first-order chi connectivity index (χ1) is 8.67. The minimum Gasteiger partial charge on any atom is -0.484 e. The maximum absolute atomic E-state index is 11.3. The molecule has 18 heavy (non-hydrogen) atoms. The summed E-state index contributed by atoms with van der Waals surface area (Å²) in [4.78, 5) is 11.3. The van der Waals surface area contributed by atoms with E-state index < -0.39 is 6.10 Å². The summed E-state index contributed by atoms with van der Waals surface area (Å²) in [6.07, 6.45) is 1.83. The van der Waals surface area contributed by atoms with Crippen LogP contribution in [0.1, 0.15) is 25.0 Å². The van der Waals surface area contributed by atoms with Crippen LogP contribution in [0.15, 0.2) is 36.9 Å². The maximum Gasteiger partial charge on any atom is 0.258 e. The van der Waals surface area contributed by atoms with Crippen molar-refractivity contribution < 1.29 is 14.6 Å². The first-order valence-electron chi connectivity index (χ1n) is 5.95. The smallest absolute Gasteiger partial charge is 0.258 e. The molecule has 4 nitrogen and oxygen atoms in total. The minimum atomic E-state index is -0.449. The van der Waals surface area contributed by atoms with Crippen molar-refractivity contribution in [3.8, 4) is 5.75 Å². The lowest BCUT2D eigenvalue weighted by atomic mass is 10.1. The van der Waals surface area contributed by atoms with Gasteiger partial charge in [-0.3, -0.25) is 4.79 Å². The van der Waals surface area contributed by atoms with E-state index in [4.69, 9.17) is 4.74 Å². The van der Waals surface area contributed by atoms with E-state index in [2.05, 4.69) is 11.9 Å². The molecule has 1 aromatic rings. The van der Waals surface area contributed by atoms with Crippen LogP contribution >= 0.6 is 0 Å². The van der Waals surface area contributed by atoms with E-state index in [9.17, 15) is 9.90 Å². The molecule has 0 aliphatic heterocycles. The van der Waals surface area contributed by atoms with Crippen molar-refractivity contribution in [3.63, 3.8) is 0 Å². The predicted molar refractivity (Wildman–Crippen MR) is 70.4 cm³/mol. The number of aliphatic hydroxyl groups is 1. The molecule has 1 aromatic carbocycles. The lowest BCUT2D eigenvalue weighted by Crippen LogP contribution is -2.28. The van der Waals surface area contributed by atoms with Crippen LogP contribution in [0.2, 0.25) is 0 Å². The summed E-state index contributed by atoms with van der Waals surface area (Å²) in [7, 11) is 0. The molecule has 0 bridgehead atoms. The summed E-state index contributed by atoms with van der Waals surface area (Å²) in [6.45, 7) is 5.83. The highest BCUT2D eigenvalue weighted by Crippen LogP contribution is 2.19. The Morgan fingerprint density at radius 1 is 1.50 bits per heavy atom. The standard InChI is InChI=1S/C14H19NO3/c1-3-9-15-14(17)10-18-12-7-5-11(6-8-12)13(16)4-2/h3,5-8,13,16H,1,4,9-10H2,2H3,(H,15,17)/t13-/m1/s1. The average Bonchev–Trinajstić information content (AvgIpc) is 2.42. The highest BCUT2D eigenvalue weighted by molar-refractivity contribution is 5.77. The molecule has 0 heterocycles. The van der Waals surface area contributed by atoms with Crippen LogP contribution in [0, 0.1) is 0 Å². The summed E-state index contributed by atoms with van der Waals surface area (Å²) in [5, 5.41) is 12.2. The molecule has 0 unspecified atom stereocenters. The molecule has 0 aliphatic carbocycles. The molecule has 1 rings (SSSR count). The van der Waals surface area contributed by atoms with Crippen LogP contribution in [-0.4, -0.2) is 24.2 Å². The van der Waals surface area contributed by atoms with Gasteiger partial charge in [0.05, 0.1) is 6.10 Å². The maximum atomic E-state index is 11.3. The number of carbonyl (C=O) groups is 1. The van der Waals surface area contributed by atoms with Gasteiger partial charge in [0.25, 0.3) is 5.91 Å². The number of hydrogen-bond donors (Lipinski definition) is 2. The SMILES string of the molecule is C=CCNC(=O)COc1ccc([C@H](O)CC)cc1. The van der Waals surface area contributed by atoms with Gasteiger partial charge in [-0.25, -0.2) is 0 Å². The zero-order chi connectivity index (χ0) is 13.4. The van der Waals surface area contributed by atoms with Crippen LogP contribution in [-0.2, 0) is 4.79 Å². The van der Waals surface area contributed by atoms with Crippen molar-refractivity contribution in [2.75, 3.05) is 13.2 Å². The van der Waals surface area contributed by atoms with Crippen LogP contribution in [0.25, 0.3) is 0 Å². The fraction of sp³-hybridized carbons (Fsp3) is 0.357. The zero-order valence-corrected chi connectivity index (χ0v) is 10.6. The van der Waals surface area contributed by atoms with E-state index >= 15 is 0 Å². The van der Waals surface area contributed by atoms with Crippen molar-refractivity contribution >= 4 is 5.91 Å². The number of hydrogen-bond acceptors (Lipinski definition) is 3. The van der Waals surface area contributed by atoms with Crippen molar-refractivity contribution in [2.45, 2.75) is 19.4 Å². The van der Waals surface area contributed by atoms with E-state index in [0.29, 0.717) is 18.7 Å². The van der Waals surface area contributed by atoms with Gasteiger partial charge in [0.1, 0.15) is 5.75 Å². The van der Waals surface area contributed by atoms with E-state index in [1.807, 2.05) is 6.92 Å². The monoisotopic (exact) mass is 249 g/mol. The van der Waals surface area contributed by atoms with Crippen LogP contribution < -0.4 is 10.1 Å². The molecule has 0 saturated carbocycles. The van der Waals surface area contributed by atoms with Crippen molar-refractivity contribution in [3.05, 3.63) is 42.5 Å². The Bertz CT molecular complexity index is 387. The Balaban J connectivity index is 2.44. The summed E-state index contributed by atoms with van der Waals surface area (Å²) in [5.74, 6) is 0.420. The van der Waals surface area contributed by atoms with Crippen molar-refractivity contribution in [2.24, 2.45) is 0 Å². The minimum absolute atomic E-state index is 0.0243. The number of amides is 1. The quantitative estimate of drug-likeness (QED) is 0.725. The molecule has 0 fully saturated rings. The summed E-state index contributed by atoms with van der Waals surface area (Å²) < 4.78 is 5.31. The van der Waals surface area contributed by atoms with Gasteiger partial charge in [-0.2, -0.15) is 0 Å². The largest absolute Gasteiger partial charge is 0.484 e. The molecule has 0 spiro atoms. The molecular weight excluding hydrogens is 230 g/mol. The molecule has 0 radical (unpaired) electrons. The van der Waals surface area contributed by atoms with E-state index in [-0.39, 0.29) is 12.5 Å². The normalized spacial score (nSPS) is 11.7. The molecule has 2 N–H and O–H groups in total. The second-order valence-corrected chi connectivity index (χ2v) is 3.87. The third-order valence-electron chi connectivity index (χ3n) is 2.47. The molecule has 0 aliphatic rings. The number of ether oxygens (including phenoxy) is 1. The summed E-state index contributed by atoms with van der Waals surface area (Å²) >= 11 is 0. The highest BCUT2D eigenvalue weighted by atomic mass is 16.5. The Hall–Kier alpha value is -1.81. The molecule has 0 saturated heterocycles. The molecule has 0 aromatic heterocycles. The number of nitrogens with one attached hydrogen (secondary N) is 1. The first-order valence-corrected chi connectivity index (χ1v) is 5.95. The van der Waals surface area contributed by atoms with Crippen molar-refractivity contribution in [1.29, 1.82) is 0 Å². The number of rotatable bonds is 7. The third kappa shape index (κ3) is 4.59. The van der Waals surface area contributed by atoms with Crippen LogP contribution in [0.5, 0.6) is 5.75 Å². The van der Waals surface area contributed by atoms with Gasteiger partial charge >= 0.3 is 0 Å². The molecule has 4 heteroatoms. The highest BCUT2D eigenvalue weighted by Gasteiger charge is 2.05. The molecular formula is C14H19NO3. The van der Waals surface area contributed by atoms with E-state index in [1.165, 1.54) is 0 Å².